The van der Waals surface area contributed by atoms with E-state index in [4.69, 9.17) is 16.3 Å². The molecule has 2 nitrogen and oxygen atoms in total. The molecule has 0 atom stereocenters. The Labute approximate surface area is 106 Å². The van der Waals surface area contributed by atoms with Crippen LogP contribution in [-0.2, 0) is 0 Å². The van der Waals surface area contributed by atoms with Gasteiger partial charge in [0, 0.05) is 5.75 Å². The minimum absolute atomic E-state index is 0.690. The number of rotatable bonds is 6. The largest absolute Gasteiger partial charge is 0.491 e. The van der Waals surface area contributed by atoms with E-state index in [-0.39, 0.29) is 0 Å². The van der Waals surface area contributed by atoms with Gasteiger partial charge < -0.3 is 10.1 Å². The zero-order valence-corrected chi connectivity index (χ0v) is 10.7. The lowest BCUT2D eigenvalue weighted by molar-refractivity contribution is 0.343. The highest BCUT2D eigenvalue weighted by Gasteiger charge is 2.15. The molecule has 1 aromatic carbocycles. The van der Waals surface area contributed by atoms with Gasteiger partial charge >= 0.3 is 0 Å². The van der Waals surface area contributed by atoms with Crippen molar-refractivity contribution in [1.29, 1.82) is 0 Å². The summed E-state index contributed by atoms with van der Waals surface area (Å²) in [5.41, 5.74) is 0. The Balaban J connectivity index is 1.58. The second-order valence-corrected chi connectivity index (χ2v) is 5.44. The fraction of sp³-hybridized carbons (Fsp3) is 0.500. The molecule has 0 aromatic heterocycles. The molecular formula is C12H16ClNOS. The molecule has 1 N–H and O–H groups in total. The van der Waals surface area contributed by atoms with Gasteiger partial charge in [0.15, 0.2) is 0 Å². The average molecular weight is 258 g/mol. The van der Waals surface area contributed by atoms with Crippen molar-refractivity contribution in [3.8, 4) is 5.75 Å². The molecule has 0 radical (unpaired) electrons. The van der Waals surface area contributed by atoms with E-state index in [0.717, 1.165) is 24.0 Å². The molecule has 1 fully saturated rings. The van der Waals surface area contributed by atoms with Gasteiger partial charge in [-0.2, -0.15) is 11.8 Å². The van der Waals surface area contributed by atoms with Crippen LogP contribution in [0.3, 0.4) is 0 Å². The lowest BCUT2D eigenvalue weighted by Crippen LogP contribution is -2.43. The first-order valence-electron chi connectivity index (χ1n) is 5.52. The maximum Gasteiger partial charge on any atom is 0.137 e. The van der Waals surface area contributed by atoms with Gasteiger partial charge in [0.05, 0.1) is 11.6 Å². The zero-order valence-electron chi connectivity index (χ0n) is 9.12. The first kappa shape index (κ1) is 12.1. The van der Waals surface area contributed by atoms with Crippen molar-refractivity contribution in [1.82, 2.24) is 5.32 Å². The summed E-state index contributed by atoms with van der Waals surface area (Å²) in [4.78, 5) is 0. The minimum atomic E-state index is 0.690. The monoisotopic (exact) mass is 257 g/mol. The van der Waals surface area contributed by atoms with Gasteiger partial charge in [0.2, 0.25) is 0 Å². The van der Waals surface area contributed by atoms with Crippen LogP contribution in [0.1, 0.15) is 0 Å². The van der Waals surface area contributed by atoms with Crippen molar-refractivity contribution >= 4 is 23.4 Å². The normalized spacial score (nSPS) is 15.8. The molecule has 0 aliphatic carbocycles. The molecule has 1 aliphatic heterocycles. The molecular weight excluding hydrogens is 242 g/mol. The summed E-state index contributed by atoms with van der Waals surface area (Å²) < 4.78 is 5.60. The summed E-state index contributed by atoms with van der Waals surface area (Å²) in [5, 5.41) is 3.96. The number of thioether (sulfide) groups is 1. The molecule has 0 amide bonds. The third-order valence-corrected chi connectivity index (χ3v) is 4.02. The predicted octanol–water partition coefficient (Wildman–Crippen LogP) is 2.67. The number of halogens is 1. The number of hydrogen-bond acceptors (Lipinski definition) is 3. The molecule has 0 unspecified atom stereocenters. The molecule has 0 spiro atoms. The smallest absolute Gasteiger partial charge is 0.137 e. The van der Waals surface area contributed by atoms with Crippen molar-refractivity contribution in [2.45, 2.75) is 0 Å². The Morgan fingerprint density at radius 2 is 2.19 bits per heavy atom. The fourth-order valence-electron chi connectivity index (χ4n) is 1.49. The summed E-state index contributed by atoms with van der Waals surface area (Å²) in [5.74, 6) is 3.92. The highest BCUT2D eigenvalue weighted by atomic mass is 35.5. The van der Waals surface area contributed by atoms with E-state index >= 15 is 0 Å². The Morgan fingerprint density at radius 3 is 2.88 bits per heavy atom. The summed E-state index contributed by atoms with van der Waals surface area (Å²) >= 11 is 7.93. The van der Waals surface area contributed by atoms with Gasteiger partial charge in [-0.25, -0.2) is 0 Å². The van der Waals surface area contributed by atoms with Crippen LogP contribution in [-0.4, -0.2) is 31.2 Å². The van der Waals surface area contributed by atoms with Crippen LogP contribution >= 0.6 is 23.4 Å². The lowest BCUT2D eigenvalue weighted by atomic mass is 10.1. The van der Waals surface area contributed by atoms with Crippen molar-refractivity contribution in [2.75, 3.05) is 31.2 Å². The Morgan fingerprint density at radius 1 is 1.38 bits per heavy atom. The number of hydrogen-bond donors (Lipinski definition) is 1. The number of ether oxygens (including phenoxy) is 1. The molecule has 1 aromatic rings. The second kappa shape index (κ2) is 6.38. The topological polar surface area (TPSA) is 21.3 Å². The van der Waals surface area contributed by atoms with Crippen LogP contribution in [0.2, 0.25) is 5.02 Å². The first-order valence-corrected chi connectivity index (χ1v) is 7.05. The van der Waals surface area contributed by atoms with Crippen LogP contribution in [0.15, 0.2) is 24.3 Å². The van der Waals surface area contributed by atoms with Crippen LogP contribution in [0.4, 0.5) is 0 Å². The molecule has 16 heavy (non-hydrogen) atoms. The van der Waals surface area contributed by atoms with E-state index < -0.39 is 0 Å². The summed E-state index contributed by atoms with van der Waals surface area (Å²) in [6.45, 7) is 3.09. The van der Waals surface area contributed by atoms with Crippen LogP contribution in [0.25, 0.3) is 0 Å². The summed E-state index contributed by atoms with van der Waals surface area (Å²) in [6.07, 6.45) is 0. The maximum atomic E-state index is 5.98. The standard InChI is InChI=1S/C12H16ClNOS/c13-11-3-1-2-4-12(11)15-5-6-16-9-10-7-14-8-10/h1-4,10,14H,5-9H2. The number of benzene rings is 1. The maximum absolute atomic E-state index is 5.98. The van der Waals surface area contributed by atoms with Gasteiger partial charge in [0.25, 0.3) is 0 Å². The number of para-hydroxylation sites is 1. The molecule has 0 saturated carbocycles. The Hall–Kier alpha value is -0.380. The molecule has 1 saturated heterocycles. The van der Waals surface area contributed by atoms with Gasteiger partial charge in [0.1, 0.15) is 5.75 Å². The van der Waals surface area contributed by atoms with E-state index in [0.29, 0.717) is 5.02 Å². The third-order valence-electron chi connectivity index (χ3n) is 2.54. The van der Waals surface area contributed by atoms with Crippen molar-refractivity contribution in [2.24, 2.45) is 5.92 Å². The number of nitrogens with one attached hydrogen (secondary N) is 1. The molecule has 2 rings (SSSR count). The third kappa shape index (κ3) is 3.58. The molecule has 1 aliphatic rings. The SMILES string of the molecule is Clc1ccccc1OCCSCC1CNC1. The van der Waals surface area contributed by atoms with E-state index in [1.54, 1.807) is 0 Å². The highest BCUT2D eigenvalue weighted by Crippen LogP contribution is 2.23. The van der Waals surface area contributed by atoms with Crippen molar-refractivity contribution in [3.63, 3.8) is 0 Å². The fourth-order valence-corrected chi connectivity index (χ4v) is 2.62. The lowest BCUT2D eigenvalue weighted by Gasteiger charge is -2.26. The van der Waals surface area contributed by atoms with Gasteiger partial charge in [-0.15, -0.1) is 0 Å². The summed E-state index contributed by atoms with van der Waals surface area (Å²) in [6, 6.07) is 7.61. The van der Waals surface area contributed by atoms with E-state index in [9.17, 15) is 0 Å². The summed E-state index contributed by atoms with van der Waals surface area (Å²) in [7, 11) is 0. The van der Waals surface area contributed by atoms with E-state index in [2.05, 4.69) is 5.32 Å². The predicted molar refractivity (Wildman–Crippen MR) is 70.6 cm³/mol. The van der Waals surface area contributed by atoms with Crippen LogP contribution in [0.5, 0.6) is 5.75 Å². The van der Waals surface area contributed by atoms with Crippen molar-refractivity contribution in [3.05, 3.63) is 29.3 Å². The average Bonchev–Trinajstić information content (AvgIpc) is 2.23. The zero-order chi connectivity index (χ0) is 11.2. The first-order chi connectivity index (χ1) is 7.86. The van der Waals surface area contributed by atoms with Gasteiger partial charge in [-0.1, -0.05) is 23.7 Å². The Bertz CT molecular complexity index is 331. The molecule has 0 bridgehead atoms. The Kier molecular flexibility index (Phi) is 4.82. The van der Waals surface area contributed by atoms with Crippen LogP contribution in [0, 0.1) is 5.92 Å². The van der Waals surface area contributed by atoms with E-state index in [1.807, 2.05) is 36.0 Å². The quantitative estimate of drug-likeness (QED) is 0.792. The van der Waals surface area contributed by atoms with Gasteiger partial charge in [-0.3, -0.25) is 0 Å². The molecule has 88 valence electrons. The highest BCUT2D eigenvalue weighted by molar-refractivity contribution is 7.99. The van der Waals surface area contributed by atoms with Crippen LogP contribution < -0.4 is 10.1 Å². The van der Waals surface area contributed by atoms with Gasteiger partial charge in [-0.05, 0) is 36.9 Å². The van der Waals surface area contributed by atoms with E-state index in [1.165, 1.54) is 18.8 Å². The van der Waals surface area contributed by atoms with Crippen molar-refractivity contribution < 1.29 is 4.74 Å². The molecule has 4 heteroatoms. The molecule has 1 heterocycles. The second-order valence-electron chi connectivity index (χ2n) is 3.88. The minimum Gasteiger partial charge on any atom is -0.491 e.